The van der Waals surface area contributed by atoms with Gasteiger partial charge in [0.15, 0.2) is 0 Å². The summed E-state index contributed by atoms with van der Waals surface area (Å²) in [6, 6.07) is 12.8. The van der Waals surface area contributed by atoms with E-state index in [0.717, 1.165) is 18.4 Å². The van der Waals surface area contributed by atoms with Gasteiger partial charge in [0.25, 0.3) is 0 Å². The Hall–Kier alpha value is -2.15. The van der Waals surface area contributed by atoms with Crippen molar-refractivity contribution in [2.75, 3.05) is 0 Å². The lowest BCUT2D eigenvalue weighted by atomic mass is 9.75. The van der Waals surface area contributed by atoms with Gasteiger partial charge in [-0.25, -0.2) is 0 Å². The van der Waals surface area contributed by atoms with Crippen molar-refractivity contribution < 1.29 is 0 Å². The molecule has 23 heavy (non-hydrogen) atoms. The van der Waals surface area contributed by atoms with Gasteiger partial charge in [-0.05, 0) is 48.4 Å². The summed E-state index contributed by atoms with van der Waals surface area (Å²) in [4.78, 5) is 0. The van der Waals surface area contributed by atoms with Crippen LogP contribution in [0, 0.1) is 5.41 Å². The normalized spacial score (nSPS) is 15.2. The van der Waals surface area contributed by atoms with Gasteiger partial charge in [0.1, 0.15) is 0 Å². The number of hydrogen-bond donors (Lipinski definition) is 1. The fraction of sp³-hybridized carbons (Fsp3) is 0.318. The molecule has 3 rings (SSSR count). The van der Waals surface area contributed by atoms with Crippen LogP contribution in [0.1, 0.15) is 51.7 Å². The second-order valence-electron chi connectivity index (χ2n) is 7.41. The van der Waals surface area contributed by atoms with Gasteiger partial charge in [-0.1, -0.05) is 73.0 Å². The molecule has 118 valence electrons. The Bertz CT molecular complexity index is 834. The van der Waals surface area contributed by atoms with Crippen molar-refractivity contribution in [1.82, 2.24) is 0 Å². The average Bonchev–Trinajstić information content (AvgIpc) is 2.82. The Morgan fingerprint density at radius 3 is 2.48 bits per heavy atom. The third kappa shape index (κ3) is 2.88. The van der Waals surface area contributed by atoms with E-state index in [2.05, 4.69) is 70.2 Å². The van der Waals surface area contributed by atoms with Crippen LogP contribution >= 0.6 is 0 Å². The first-order chi connectivity index (χ1) is 10.9. The molecule has 1 aliphatic carbocycles. The summed E-state index contributed by atoms with van der Waals surface area (Å²) >= 11 is 0. The zero-order valence-electron chi connectivity index (χ0n) is 14.5. The molecule has 0 aliphatic heterocycles. The predicted molar refractivity (Wildman–Crippen MR) is 101 cm³/mol. The number of fused-ring (bicyclic) bond motifs is 1. The molecule has 0 saturated heterocycles. The van der Waals surface area contributed by atoms with Gasteiger partial charge in [-0.3, -0.25) is 0 Å². The average molecular weight is 303 g/mol. The van der Waals surface area contributed by atoms with Crippen LogP contribution in [0.4, 0.5) is 0 Å². The highest BCUT2D eigenvalue weighted by molar-refractivity contribution is 6.00. The van der Waals surface area contributed by atoms with Gasteiger partial charge in [0.2, 0.25) is 0 Å². The Morgan fingerprint density at radius 1 is 1.09 bits per heavy atom. The fourth-order valence-electron chi connectivity index (χ4n) is 3.87. The van der Waals surface area contributed by atoms with Crippen LogP contribution in [-0.2, 0) is 5.41 Å². The van der Waals surface area contributed by atoms with E-state index in [1.54, 1.807) is 0 Å². The number of benzene rings is 2. The van der Waals surface area contributed by atoms with E-state index in [0.29, 0.717) is 0 Å². The van der Waals surface area contributed by atoms with E-state index >= 15 is 0 Å². The molecule has 0 amide bonds. The third-order valence-corrected chi connectivity index (χ3v) is 5.01. The molecule has 1 nitrogen and oxygen atoms in total. The summed E-state index contributed by atoms with van der Waals surface area (Å²) in [6.45, 7) is 9.04. The van der Waals surface area contributed by atoms with E-state index in [1.165, 1.54) is 39.3 Å². The Morgan fingerprint density at radius 2 is 1.83 bits per heavy atom. The third-order valence-electron chi connectivity index (χ3n) is 5.01. The molecule has 0 radical (unpaired) electrons. The first-order valence-corrected chi connectivity index (χ1v) is 8.31. The molecule has 0 aromatic heterocycles. The molecule has 0 spiro atoms. The molecule has 1 N–H and O–H groups in total. The molecule has 0 bridgehead atoms. The summed E-state index contributed by atoms with van der Waals surface area (Å²) < 4.78 is 0. The highest BCUT2D eigenvalue weighted by atomic mass is 14.4. The van der Waals surface area contributed by atoms with Gasteiger partial charge in [0, 0.05) is 11.8 Å². The van der Waals surface area contributed by atoms with Crippen molar-refractivity contribution >= 4 is 17.0 Å². The number of allylic oxidation sites excluding steroid dienone is 4. The van der Waals surface area contributed by atoms with Crippen molar-refractivity contribution in [1.29, 1.82) is 5.41 Å². The smallest absolute Gasteiger partial charge is 0.0259 e. The Kier molecular flexibility index (Phi) is 3.97. The van der Waals surface area contributed by atoms with Crippen LogP contribution in [0.15, 0.2) is 59.2 Å². The molecule has 0 unspecified atom stereocenters. The molecule has 2 aromatic rings. The van der Waals surface area contributed by atoms with Crippen LogP contribution in [0.2, 0.25) is 0 Å². The highest BCUT2D eigenvalue weighted by Crippen LogP contribution is 2.39. The van der Waals surface area contributed by atoms with Crippen molar-refractivity contribution in [2.24, 2.45) is 0 Å². The minimum Gasteiger partial charge on any atom is -0.308 e. The quantitative estimate of drug-likeness (QED) is 0.653. The number of nitrogens with one attached hydrogen (secondary N) is 1. The summed E-state index contributed by atoms with van der Waals surface area (Å²) in [7, 11) is 0. The van der Waals surface area contributed by atoms with Gasteiger partial charge < -0.3 is 5.41 Å². The predicted octanol–water partition coefficient (Wildman–Crippen LogP) is 6.17. The second-order valence-corrected chi connectivity index (χ2v) is 7.41. The van der Waals surface area contributed by atoms with Gasteiger partial charge in [-0.15, -0.1) is 0 Å². The van der Waals surface area contributed by atoms with Gasteiger partial charge in [-0.2, -0.15) is 0 Å². The van der Waals surface area contributed by atoms with E-state index in [-0.39, 0.29) is 5.41 Å². The SMILES string of the molecule is CC1=CC(C)=C(CC(C)(C)c2ccc3ccccc3c2C=N)C1. The maximum absolute atomic E-state index is 7.96. The lowest BCUT2D eigenvalue weighted by Gasteiger charge is -2.29. The van der Waals surface area contributed by atoms with Crippen molar-refractivity contribution in [2.45, 2.75) is 46.0 Å². The fourth-order valence-corrected chi connectivity index (χ4v) is 3.87. The molecular weight excluding hydrogens is 278 g/mol. The Labute approximate surface area is 139 Å². The van der Waals surface area contributed by atoms with Gasteiger partial charge >= 0.3 is 0 Å². The first kappa shape index (κ1) is 15.7. The van der Waals surface area contributed by atoms with Crippen molar-refractivity contribution in [3.8, 4) is 0 Å². The van der Waals surface area contributed by atoms with E-state index in [1.807, 2.05) is 0 Å². The highest BCUT2D eigenvalue weighted by Gasteiger charge is 2.27. The van der Waals surface area contributed by atoms with Crippen LogP contribution in [0.25, 0.3) is 10.8 Å². The topological polar surface area (TPSA) is 23.9 Å². The van der Waals surface area contributed by atoms with E-state index in [4.69, 9.17) is 5.41 Å². The summed E-state index contributed by atoms with van der Waals surface area (Å²) in [6.07, 6.45) is 5.98. The largest absolute Gasteiger partial charge is 0.308 e. The van der Waals surface area contributed by atoms with E-state index in [9.17, 15) is 0 Å². The van der Waals surface area contributed by atoms with Crippen LogP contribution < -0.4 is 0 Å². The van der Waals surface area contributed by atoms with E-state index < -0.39 is 0 Å². The molecule has 0 fully saturated rings. The molecule has 2 aromatic carbocycles. The monoisotopic (exact) mass is 303 g/mol. The molecular formula is C22H25N. The maximum Gasteiger partial charge on any atom is 0.0259 e. The van der Waals surface area contributed by atoms with Crippen molar-refractivity contribution in [3.63, 3.8) is 0 Å². The number of hydrogen-bond acceptors (Lipinski definition) is 1. The van der Waals surface area contributed by atoms with Crippen LogP contribution in [0.5, 0.6) is 0 Å². The Balaban J connectivity index is 2.05. The lowest BCUT2D eigenvalue weighted by molar-refractivity contribution is 0.514. The minimum absolute atomic E-state index is 0.0198. The standard InChI is InChI=1S/C22H25N/c1-15-11-16(2)18(12-15)13-22(3,4)21-10-9-17-7-5-6-8-19(17)20(21)14-23/h5-11,14,23H,12-13H2,1-4H3. The molecule has 1 heteroatoms. The van der Waals surface area contributed by atoms with Crippen LogP contribution in [0.3, 0.4) is 0 Å². The zero-order chi connectivity index (χ0) is 16.6. The molecule has 0 heterocycles. The summed E-state index contributed by atoms with van der Waals surface area (Å²) in [5.41, 5.74) is 6.78. The molecule has 0 atom stereocenters. The summed E-state index contributed by atoms with van der Waals surface area (Å²) in [5, 5.41) is 10.3. The molecule has 1 aliphatic rings. The van der Waals surface area contributed by atoms with Gasteiger partial charge in [0.05, 0.1) is 0 Å². The van der Waals surface area contributed by atoms with Crippen LogP contribution in [-0.4, -0.2) is 6.21 Å². The summed E-state index contributed by atoms with van der Waals surface area (Å²) in [5.74, 6) is 0. The molecule has 0 saturated carbocycles. The minimum atomic E-state index is 0.0198. The maximum atomic E-state index is 7.96. The second kappa shape index (κ2) is 5.81. The van der Waals surface area contributed by atoms with Crippen molar-refractivity contribution in [3.05, 3.63) is 70.3 Å². The lowest BCUT2D eigenvalue weighted by Crippen LogP contribution is -2.20. The first-order valence-electron chi connectivity index (χ1n) is 8.31. The zero-order valence-corrected chi connectivity index (χ0v) is 14.5. The number of rotatable bonds is 4.